The van der Waals surface area contributed by atoms with Gasteiger partial charge in [0.2, 0.25) is 0 Å². The lowest BCUT2D eigenvalue weighted by Gasteiger charge is -2.27. The van der Waals surface area contributed by atoms with E-state index in [9.17, 15) is 14.4 Å². The summed E-state index contributed by atoms with van der Waals surface area (Å²) >= 11 is 12.5. The third-order valence-corrected chi connectivity index (χ3v) is 6.73. The van der Waals surface area contributed by atoms with E-state index >= 15 is 0 Å². The van der Waals surface area contributed by atoms with Crippen LogP contribution in [0.2, 0.25) is 10.0 Å². The lowest BCUT2D eigenvalue weighted by Crippen LogP contribution is -2.40. The normalized spacial score (nSPS) is 16.0. The van der Waals surface area contributed by atoms with Crippen LogP contribution in [0.25, 0.3) is 0 Å². The Morgan fingerprint density at radius 2 is 1.84 bits per heavy atom. The molecule has 0 unspecified atom stereocenters. The molecule has 2 aromatic rings. The lowest BCUT2D eigenvalue weighted by atomic mass is 10.1. The second-order valence-corrected chi connectivity index (χ2v) is 9.05. The first-order valence-corrected chi connectivity index (χ1v) is 11.5. The number of pyridine rings is 1. The van der Waals surface area contributed by atoms with Crippen molar-refractivity contribution in [1.82, 2.24) is 14.4 Å². The van der Waals surface area contributed by atoms with Crippen molar-refractivity contribution in [3.05, 3.63) is 62.0 Å². The van der Waals surface area contributed by atoms with Crippen LogP contribution in [-0.2, 0) is 13.6 Å². The molecule has 2 aliphatic rings. The van der Waals surface area contributed by atoms with Crippen LogP contribution in [-0.4, -0.2) is 45.5 Å². The summed E-state index contributed by atoms with van der Waals surface area (Å²) in [5.41, 5.74) is 0.0335. The Labute approximate surface area is 196 Å². The number of hydrogen-bond acceptors (Lipinski definition) is 4. The average molecular weight is 478 g/mol. The van der Waals surface area contributed by atoms with Gasteiger partial charge in [0.15, 0.2) is 5.75 Å². The maximum atomic E-state index is 13.6. The van der Waals surface area contributed by atoms with Crippen molar-refractivity contribution in [1.29, 1.82) is 0 Å². The van der Waals surface area contributed by atoms with Crippen LogP contribution in [0.15, 0.2) is 35.3 Å². The van der Waals surface area contributed by atoms with Gasteiger partial charge >= 0.3 is 6.09 Å². The molecule has 1 aromatic heterocycles. The second-order valence-electron chi connectivity index (χ2n) is 8.26. The molecule has 4 rings (SSSR count). The van der Waals surface area contributed by atoms with E-state index in [0.717, 1.165) is 32.1 Å². The van der Waals surface area contributed by atoms with Crippen LogP contribution in [0, 0.1) is 0 Å². The number of ether oxygens (including phenoxy) is 1. The number of carbonyl (C=O) groups excluding carboxylic acids is 2. The molecule has 2 amide bonds. The summed E-state index contributed by atoms with van der Waals surface area (Å²) < 4.78 is 6.87. The van der Waals surface area contributed by atoms with Crippen molar-refractivity contribution in [2.75, 3.05) is 13.1 Å². The number of aryl methyl sites for hydroxylation is 1. The molecule has 1 saturated carbocycles. The fourth-order valence-corrected chi connectivity index (χ4v) is 4.26. The van der Waals surface area contributed by atoms with Crippen LogP contribution in [0.5, 0.6) is 5.75 Å². The van der Waals surface area contributed by atoms with Crippen LogP contribution in [0.1, 0.15) is 48.0 Å². The SMILES string of the molecule is Cn1ccc(OC(=O)N2CCCCC2)c(C(=O)N(Cc2cccc(Cl)c2Cl)C2CC2)c1=O. The molecule has 32 heavy (non-hydrogen) atoms. The minimum Gasteiger partial charge on any atom is -0.409 e. The van der Waals surface area contributed by atoms with E-state index in [4.69, 9.17) is 27.9 Å². The van der Waals surface area contributed by atoms with Crippen molar-refractivity contribution in [3.8, 4) is 5.75 Å². The molecule has 0 atom stereocenters. The minimum atomic E-state index is -0.539. The first-order chi connectivity index (χ1) is 15.4. The number of hydrogen-bond donors (Lipinski definition) is 0. The zero-order valence-corrected chi connectivity index (χ0v) is 19.4. The topological polar surface area (TPSA) is 71.8 Å². The molecule has 1 aliphatic heterocycles. The maximum absolute atomic E-state index is 13.6. The van der Waals surface area contributed by atoms with E-state index in [-0.39, 0.29) is 23.9 Å². The van der Waals surface area contributed by atoms with Crippen LogP contribution < -0.4 is 10.3 Å². The predicted octanol–water partition coefficient (Wildman–Crippen LogP) is 4.48. The number of halogens is 2. The second kappa shape index (κ2) is 9.55. The van der Waals surface area contributed by atoms with E-state index in [0.29, 0.717) is 28.7 Å². The van der Waals surface area contributed by atoms with Gasteiger partial charge in [-0.1, -0.05) is 35.3 Å². The number of amides is 2. The molecule has 7 nitrogen and oxygen atoms in total. The van der Waals surface area contributed by atoms with Crippen molar-refractivity contribution in [3.63, 3.8) is 0 Å². The Bertz CT molecular complexity index is 1090. The highest BCUT2D eigenvalue weighted by atomic mass is 35.5. The fraction of sp³-hybridized carbons (Fsp3) is 0.435. The summed E-state index contributed by atoms with van der Waals surface area (Å²) in [4.78, 5) is 42.5. The zero-order valence-electron chi connectivity index (χ0n) is 17.9. The Balaban J connectivity index is 1.65. The van der Waals surface area contributed by atoms with Gasteiger partial charge in [-0.25, -0.2) is 4.79 Å². The smallest absolute Gasteiger partial charge is 0.409 e. The first kappa shape index (κ1) is 22.7. The Kier molecular flexibility index (Phi) is 6.76. The molecule has 9 heteroatoms. The number of nitrogens with zero attached hydrogens (tertiary/aromatic N) is 3. The van der Waals surface area contributed by atoms with Crippen LogP contribution in [0.3, 0.4) is 0 Å². The third kappa shape index (κ3) is 4.79. The van der Waals surface area contributed by atoms with E-state index in [1.807, 2.05) is 0 Å². The molecular weight excluding hydrogens is 453 g/mol. The average Bonchev–Trinajstić information content (AvgIpc) is 3.63. The molecule has 1 saturated heterocycles. The van der Waals surface area contributed by atoms with Gasteiger partial charge in [0, 0.05) is 38.9 Å². The summed E-state index contributed by atoms with van der Waals surface area (Å²) in [7, 11) is 1.56. The summed E-state index contributed by atoms with van der Waals surface area (Å²) in [6, 6.07) is 6.74. The van der Waals surface area contributed by atoms with Gasteiger partial charge in [-0.15, -0.1) is 0 Å². The van der Waals surface area contributed by atoms with E-state index in [1.54, 1.807) is 35.0 Å². The Hall–Kier alpha value is -2.51. The molecule has 0 radical (unpaired) electrons. The van der Waals surface area contributed by atoms with E-state index in [1.165, 1.54) is 16.8 Å². The summed E-state index contributed by atoms with van der Waals surface area (Å²) in [5, 5.41) is 0.782. The molecule has 170 valence electrons. The largest absolute Gasteiger partial charge is 0.415 e. The number of rotatable bonds is 5. The van der Waals surface area contributed by atoms with Crippen molar-refractivity contribution in [2.45, 2.75) is 44.7 Å². The maximum Gasteiger partial charge on any atom is 0.415 e. The standard InChI is InChI=1S/C23H25Cl2N3O4/c1-26-13-10-18(32-23(31)27-11-3-2-4-12-27)19(21(26)29)22(30)28(16-8-9-16)14-15-6-5-7-17(24)20(15)25/h5-7,10,13,16H,2-4,8-9,11-12,14H2,1H3. The number of likely N-dealkylation sites (tertiary alicyclic amines) is 1. The van der Waals surface area contributed by atoms with Gasteiger partial charge in [-0.3, -0.25) is 9.59 Å². The molecule has 2 heterocycles. The lowest BCUT2D eigenvalue weighted by molar-refractivity contribution is 0.0723. The summed E-state index contributed by atoms with van der Waals surface area (Å²) in [6.45, 7) is 1.42. The quantitative estimate of drug-likeness (QED) is 0.636. The molecule has 0 bridgehead atoms. The predicted molar refractivity (Wildman–Crippen MR) is 122 cm³/mol. The van der Waals surface area contributed by atoms with E-state index < -0.39 is 17.6 Å². The Morgan fingerprint density at radius 1 is 1.12 bits per heavy atom. The first-order valence-electron chi connectivity index (χ1n) is 10.8. The van der Waals surface area contributed by atoms with Crippen molar-refractivity contribution < 1.29 is 14.3 Å². The van der Waals surface area contributed by atoms with Crippen LogP contribution >= 0.6 is 23.2 Å². The van der Waals surface area contributed by atoms with Gasteiger partial charge in [-0.2, -0.15) is 0 Å². The highest BCUT2D eigenvalue weighted by molar-refractivity contribution is 6.42. The molecule has 1 aliphatic carbocycles. The molecule has 0 N–H and O–H groups in total. The Morgan fingerprint density at radius 3 is 2.53 bits per heavy atom. The van der Waals surface area contributed by atoms with Gasteiger partial charge in [0.1, 0.15) is 5.56 Å². The van der Waals surface area contributed by atoms with E-state index in [2.05, 4.69) is 0 Å². The molecule has 0 spiro atoms. The third-order valence-electron chi connectivity index (χ3n) is 5.88. The molecule has 1 aromatic carbocycles. The number of benzene rings is 1. The summed E-state index contributed by atoms with van der Waals surface area (Å²) in [5.74, 6) is -0.497. The zero-order chi connectivity index (χ0) is 22.8. The summed E-state index contributed by atoms with van der Waals surface area (Å²) in [6.07, 6.45) is 5.51. The van der Waals surface area contributed by atoms with Crippen molar-refractivity contribution >= 4 is 35.2 Å². The fourth-order valence-electron chi connectivity index (χ4n) is 3.88. The monoisotopic (exact) mass is 477 g/mol. The molecular formula is C23H25Cl2N3O4. The number of piperidine rings is 1. The van der Waals surface area contributed by atoms with Gasteiger partial charge in [0.25, 0.3) is 11.5 Å². The van der Waals surface area contributed by atoms with Crippen LogP contribution in [0.4, 0.5) is 4.79 Å². The number of carbonyl (C=O) groups is 2. The van der Waals surface area contributed by atoms with Gasteiger partial charge in [0.05, 0.1) is 10.0 Å². The van der Waals surface area contributed by atoms with Gasteiger partial charge < -0.3 is 19.1 Å². The highest BCUT2D eigenvalue weighted by Gasteiger charge is 2.36. The highest BCUT2D eigenvalue weighted by Crippen LogP contribution is 2.34. The minimum absolute atomic E-state index is 0.00638. The van der Waals surface area contributed by atoms with Crippen molar-refractivity contribution in [2.24, 2.45) is 7.05 Å². The number of aromatic nitrogens is 1. The van der Waals surface area contributed by atoms with Gasteiger partial charge in [-0.05, 0) is 49.8 Å². The molecule has 2 fully saturated rings.